The molecule has 4 heteroatoms. The molecule has 0 spiro atoms. The second kappa shape index (κ2) is 5.69. The monoisotopic (exact) mass is 242 g/mol. The largest absolute Gasteiger partial charge is 0.309 e. The molecule has 0 atom stereocenters. The number of nitrogens with one attached hydrogen (secondary N) is 1. The highest BCUT2D eigenvalue weighted by atomic mass is 14.9. The Balaban J connectivity index is 2.25. The zero-order chi connectivity index (χ0) is 13.0. The molecule has 2 rings (SSSR count). The van der Waals surface area contributed by atoms with Crippen LogP contribution in [0.2, 0.25) is 0 Å². The van der Waals surface area contributed by atoms with Crippen LogP contribution >= 0.6 is 0 Å². The number of hydrogen-bond donors (Lipinski definition) is 1. The summed E-state index contributed by atoms with van der Waals surface area (Å²) in [6.45, 7) is 7.03. The van der Waals surface area contributed by atoms with Crippen molar-refractivity contribution < 1.29 is 0 Å². The third-order valence-electron chi connectivity index (χ3n) is 2.68. The van der Waals surface area contributed by atoms with Crippen LogP contribution in [-0.4, -0.2) is 21.0 Å². The fraction of sp³-hybridized carbons (Fsp3) is 0.357. The molecule has 2 aromatic rings. The topological polar surface area (TPSA) is 50.7 Å². The number of rotatable bonds is 4. The molecule has 0 radical (unpaired) electrons. The van der Waals surface area contributed by atoms with Gasteiger partial charge in [0.2, 0.25) is 0 Å². The molecule has 0 aromatic carbocycles. The molecule has 0 unspecified atom stereocenters. The van der Waals surface area contributed by atoms with E-state index in [1.807, 2.05) is 25.3 Å². The molecular formula is C14H18N4. The van der Waals surface area contributed by atoms with Crippen molar-refractivity contribution >= 4 is 0 Å². The van der Waals surface area contributed by atoms with Gasteiger partial charge in [-0.05, 0) is 24.6 Å². The predicted molar refractivity (Wildman–Crippen MR) is 72.0 cm³/mol. The van der Waals surface area contributed by atoms with Crippen molar-refractivity contribution in [1.82, 2.24) is 20.3 Å². The number of pyridine rings is 1. The summed E-state index contributed by atoms with van der Waals surface area (Å²) in [6.07, 6.45) is 5.39. The fourth-order valence-corrected chi connectivity index (χ4v) is 1.63. The molecule has 0 saturated carbocycles. The standard InChI is InChI=1S/C14H18N4/c1-10(2)17-8-12-5-7-16-14(18-12)13-9-15-6-4-11(13)3/h4-7,9-10,17H,8H2,1-3H3. The highest BCUT2D eigenvalue weighted by Gasteiger charge is 2.06. The van der Waals surface area contributed by atoms with E-state index >= 15 is 0 Å². The smallest absolute Gasteiger partial charge is 0.161 e. The molecule has 1 N–H and O–H groups in total. The summed E-state index contributed by atoms with van der Waals surface area (Å²) in [6, 6.07) is 4.35. The maximum atomic E-state index is 4.56. The van der Waals surface area contributed by atoms with E-state index < -0.39 is 0 Å². The minimum absolute atomic E-state index is 0.448. The number of aryl methyl sites for hydroxylation is 1. The van der Waals surface area contributed by atoms with E-state index in [0.717, 1.165) is 29.2 Å². The van der Waals surface area contributed by atoms with Gasteiger partial charge >= 0.3 is 0 Å². The van der Waals surface area contributed by atoms with Crippen molar-refractivity contribution in [3.8, 4) is 11.4 Å². The predicted octanol–water partition coefficient (Wildman–Crippen LogP) is 2.35. The van der Waals surface area contributed by atoms with Gasteiger partial charge in [0.15, 0.2) is 5.82 Å². The quantitative estimate of drug-likeness (QED) is 0.894. The van der Waals surface area contributed by atoms with Crippen LogP contribution < -0.4 is 5.32 Å². The maximum Gasteiger partial charge on any atom is 0.161 e. The highest BCUT2D eigenvalue weighted by molar-refractivity contribution is 5.57. The van der Waals surface area contributed by atoms with Crippen LogP contribution in [0, 0.1) is 6.92 Å². The van der Waals surface area contributed by atoms with Crippen molar-refractivity contribution in [2.75, 3.05) is 0 Å². The Hall–Kier alpha value is -1.81. The summed E-state index contributed by atoms with van der Waals surface area (Å²) in [4.78, 5) is 13.0. The lowest BCUT2D eigenvalue weighted by molar-refractivity contribution is 0.581. The summed E-state index contributed by atoms with van der Waals surface area (Å²) in [5.74, 6) is 0.739. The Morgan fingerprint density at radius 2 is 2.06 bits per heavy atom. The zero-order valence-electron chi connectivity index (χ0n) is 11.0. The van der Waals surface area contributed by atoms with Gasteiger partial charge in [0.05, 0.1) is 5.69 Å². The second-order valence-corrected chi connectivity index (χ2v) is 4.60. The van der Waals surface area contributed by atoms with Crippen LogP contribution in [0.5, 0.6) is 0 Å². The molecular weight excluding hydrogens is 224 g/mol. The fourth-order valence-electron chi connectivity index (χ4n) is 1.63. The number of nitrogens with zero attached hydrogens (tertiary/aromatic N) is 3. The van der Waals surface area contributed by atoms with Crippen molar-refractivity contribution in [2.45, 2.75) is 33.4 Å². The summed E-state index contributed by atoms with van der Waals surface area (Å²) in [5.41, 5.74) is 3.12. The Morgan fingerprint density at radius 1 is 1.22 bits per heavy atom. The molecule has 0 aliphatic carbocycles. The van der Waals surface area contributed by atoms with E-state index in [-0.39, 0.29) is 0 Å². The maximum absolute atomic E-state index is 4.56. The van der Waals surface area contributed by atoms with E-state index in [4.69, 9.17) is 0 Å². The third-order valence-corrected chi connectivity index (χ3v) is 2.68. The Kier molecular flexibility index (Phi) is 3.99. The van der Waals surface area contributed by atoms with Crippen LogP contribution in [0.3, 0.4) is 0 Å². The third kappa shape index (κ3) is 3.11. The minimum Gasteiger partial charge on any atom is -0.309 e. The van der Waals surface area contributed by atoms with Crippen LogP contribution in [0.1, 0.15) is 25.1 Å². The molecule has 0 bridgehead atoms. The number of aromatic nitrogens is 3. The summed E-state index contributed by atoms with van der Waals surface area (Å²) < 4.78 is 0. The normalized spacial score (nSPS) is 10.9. The van der Waals surface area contributed by atoms with Gasteiger partial charge in [0.25, 0.3) is 0 Å². The van der Waals surface area contributed by atoms with Crippen LogP contribution in [0.15, 0.2) is 30.7 Å². The molecule has 0 saturated heterocycles. The lowest BCUT2D eigenvalue weighted by atomic mass is 10.1. The molecule has 0 aliphatic heterocycles. The van der Waals surface area contributed by atoms with Gasteiger partial charge in [-0.2, -0.15) is 0 Å². The average Bonchev–Trinajstić information content (AvgIpc) is 2.37. The molecule has 0 fully saturated rings. The van der Waals surface area contributed by atoms with Gasteiger partial charge in [-0.15, -0.1) is 0 Å². The van der Waals surface area contributed by atoms with Gasteiger partial charge in [-0.1, -0.05) is 13.8 Å². The molecule has 0 amide bonds. The molecule has 2 heterocycles. The van der Waals surface area contributed by atoms with Gasteiger partial charge < -0.3 is 5.32 Å². The molecule has 4 nitrogen and oxygen atoms in total. The molecule has 2 aromatic heterocycles. The molecule has 18 heavy (non-hydrogen) atoms. The summed E-state index contributed by atoms with van der Waals surface area (Å²) in [7, 11) is 0. The van der Waals surface area contributed by atoms with Crippen molar-refractivity contribution in [3.63, 3.8) is 0 Å². The Morgan fingerprint density at radius 3 is 2.78 bits per heavy atom. The first-order valence-corrected chi connectivity index (χ1v) is 6.13. The highest BCUT2D eigenvalue weighted by Crippen LogP contribution is 2.17. The van der Waals surface area contributed by atoms with E-state index in [1.54, 1.807) is 12.4 Å². The average molecular weight is 242 g/mol. The first-order valence-electron chi connectivity index (χ1n) is 6.13. The summed E-state index contributed by atoms with van der Waals surface area (Å²) >= 11 is 0. The minimum atomic E-state index is 0.448. The Labute approximate surface area is 108 Å². The van der Waals surface area contributed by atoms with Gasteiger partial charge in [-0.25, -0.2) is 9.97 Å². The lowest BCUT2D eigenvalue weighted by Gasteiger charge is -2.09. The first kappa shape index (κ1) is 12.6. The molecule has 0 aliphatic rings. The first-order chi connectivity index (χ1) is 8.66. The van der Waals surface area contributed by atoms with Crippen LogP contribution in [0.4, 0.5) is 0 Å². The van der Waals surface area contributed by atoms with E-state index in [2.05, 4.69) is 34.1 Å². The SMILES string of the molecule is Cc1ccncc1-c1nccc(CNC(C)C)n1. The Bertz CT molecular complexity index is 523. The van der Waals surface area contributed by atoms with Gasteiger partial charge in [0, 0.05) is 36.7 Å². The van der Waals surface area contributed by atoms with Crippen molar-refractivity contribution in [1.29, 1.82) is 0 Å². The summed E-state index contributed by atoms with van der Waals surface area (Å²) in [5, 5.41) is 3.35. The van der Waals surface area contributed by atoms with Crippen molar-refractivity contribution in [3.05, 3.63) is 42.0 Å². The van der Waals surface area contributed by atoms with Crippen molar-refractivity contribution in [2.24, 2.45) is 0 Å². The van der Waals surface area contributed by atoms with Gasteiger partial charge in [-0.3, -0.25) is 4.98 Å². The van der Waals surface area contributed by atoms with E-state index in [1.165, 1.54) is 0 Å². The number of hydrogen-bond acceptors (Lipinski definition) is 4. The van der Waals surface area contributed by atoms with Crippen LogP contribution in [-0.2, 0) is 6.54 Å². The van der Waals surface area contributed by atoms with Crippen LogP contribution in [0.25, 0.3) is 11.4 Å². The molecule has 94 valence electrons. The second-order valence-electron chi connectivity index (χ2n) is 4.60. The zero-order valence-corrected chi connectivity index (χ0v) is 11.0. The van der Waals surface area contributed by atoms with E-state index in [0.29, 0.717) is 6.04 Å². The lowest BCUT2D eigenvalue weighted by Crippen LogP contribution is -2.22. The van der Waals surface area contributed by atoms with E-state index in [9.17, 15) is 0 Å². The van der Waals surface area contributed by atoms with Gasteiger partial charge in [0.1, 0.15) is 0 Å².